The molecule has 56 heavy (non-hydrogen) atoms. The Kier molecular flexibility index (Phi) is 13.5. The van der Waals surface area contributed by atoms with Gasteiger partial charge in [0, 0.05) is 18.4 Å². The Morgan fingerprint density at radius 1 is 0.982 bits per heavy atom. The van der Waals surface area contributed by atoms with Crippen LogP contribution >= 0.6 is 0 Å². The van der Waals surface area contributed by atoms with E-state index in [1.54, 1.807) is 32.2 Å². The van der Waals surface area contributed by atoms with Crippen molar-refractivity contribution in [3.8, 4) is 0 Å². The van der Waals surface area contributed by atoms with Crippen LogP contribution in [-0.2, 0) is 36.7 Å². The monoisotopic (exact) mass is 766 g/mol. The minimum Gasteiger partial charge on any atom is -0.480 e. The van der Waals surface area contributed by atoms with Gasteiger partial charge in [0.15, 0.2) is 0 Å². The Labute approximate surface area is 327 Å². The molecule has 0 saturated carbocycles. The van der Waals surface area contributed by atoms with Gasteiger partial charge in [0.1, 0.15) is 29.9 Å². The summed E-state index contributed by atoms with van der Waals surface area (Å²) < 4.78 is 25.0. The lowest BCUT2D eigenvalue weighted by atomic mass is 9.78. The smallest absolute Gasteiger partial charge is 0.326 e. The zero-order chi connectivity index (χ0) is 39.7. The Hall–Kier alpha value is -5.17. The lowest BCUT2D eigenvalue weighted by Crippen LogP contribution is -2.55. The van der Waals surface area contributed by atoms with Crippen LogP contribution in [0.4, 0.5) is 15.9 Å². The SMILES string of the molecule is CC(C)C(NC(=O)COC1(CCc2ccc([C@@H]3[C@@H](CC[C@H](O)c4ccc(F)cc4)C(=O)N3c3ccc(CCCNc4ccccn4)cc3)cc2)COC1)C(=O)O. The predicted octanol–water partition coefficient (Wildman–Crippen LogP) is 6.43. The summed E-state index contributed by atoms with van der Waals surface area (Å²) >= 11 is 0. The molecule has 12 heteroatoms. The van der Waals surface area contributed by atoms with Gasteiger partial charge < -0.3 is 35.2 Å². The zero-order valence-corrected chi connectivity index (χ0v) is 31.9. The number of hydrogen-bond donors (Lipinski definition) is 4. The summed E-state index contributed by atoms with van der Waals surface area (Å²) in [5.74, 6) is -1.71. The molecule has 3 aromatic carbocycles. The average molecular weight is 767 g/mol. The maximum Gasteiger partial charge on any atom is 0.326 e. The van der Waals surface area contributed by atoms with Gasteiger partial charge in [0.05, 0.1) is 31.3 Å². The second-order valence-electron chi connectivity index (χ2n) is 15.1. The molecule has 0 bridgehead atoms. The zero-order valence-electron chi connectivity index (χ0n) is 31.9. The van der Waals surface area contributed by atoms with Crippen LogP contribution in [0.5, 0.6) is 0 Å². The standard InChI is InChI=1S/C44H51FN4O7/c1-29(2)40(43(53)54)48-39(51)26-56-44(27-55-28-44)23-22-31-8-12-33(13-9-31)41-36(20-21-37(50)32-14-16-34(45)17-15-32)42(52)49(41)35-18-10-30(11-19-35)6-5-25-47-38-7-3-4-24-46-38/h3-4,7-19,24,29,36-37,40-41,50H,5-6,20-23,25-28H2,1-2H3,(H,46,47)(H,48,51)(H,53,54)/t36-,37+,40?,41-/m1/s1. The number of aliphatic hydroxyl groups is 1. The fourth-order valence-electron chi connectivity index (χ4n) is 7.32. The van der Waals surface area contributed by atoms with Crippen LogP contribution in [0.3, 0.4) is 0 Å². The largest absolute Gasteiger partial charge is 0.480 e. The van der Waals surface area contributed by atoms with E-state index >= 15 is 0 Å². The molecule has 1 aromatic heterocycles. The minimum absolute atomic E-state index is 0.00567. The van der Waals surface area contributed by atoms with Gasteiger partial charge in [-0.1, -0.05) is 68.4 Å². The highest BCUT2D eigenvalue weighted by Gasteiger charge is 2.48. The van der Waals surface area contributed by atoms with E-state index in [4.69, 9.17) is 9.47 Å². The highest BCUT2D eigenvalue weighted by molar-refractivity contribution is 6.03. The quantitative estimate of drug-likeness (QED) is 0.0590. The number of carboxylic acid groups (broad SMARTS) is 1. The summed E-state index contributed by atoms with van der Waals surface area (Å²) in [6.07, 6.45) is 4.81. The number of aryl methyl sites for hydroxylation is 2. The number of ether oxygens (including phenoxy) is 2. The average Bonchev–Trinajstić information content (AvgIpc) is 3.18. The van der Waals surface area contributed by atoms with Crippen LogP contribution in [-0.4, -0.2) is 71.0 Å². The third-order valence-corrected chi connectivity index (χ3v) is 10.7. The van der Waals surface area contributed by atoms with Gasteiger partial charge in [0.2, 0.25) is 11.8 Å². The van der Waals surface area contributed by atoms with E-state index in [0.717, 1.165) is 42.0 Å². The molecule has 296 valence electrons. The molecule has 0 spiro atoms. The Morgan fingerprint density at radius 2 is 1.68 bits per heavy atom. The lowest BCUT2D eigenvalue weighted by Gasteiger charge is -2.48. The number of anilines is 2. The number of pyridine rings is 1. The first-order chi connectivity index (χ1) is 27.0. The van der Waals surface area contributed by atoms with Crippen molar-refractivity contribution in [2.75, 3.05) is 36.6 Å². The predicted molar refractivity (Wildman–Crippen MR) is 210 cm³/mol. The van der Waals surface area contributed by atoms with Crippen LogP contribution in [0.15, 0.2) is 97.2 Å². The summed E-state index contributed by atoms with van der Waals surface area (Å²) in [5, 5.41) is 26.2. The van der Waals surface area contributed by atoms with E-state index in [1.165, 1.54) is 17.7 Å². The van der Waals surface area contributed by atoms with E-state index < -0.39 is 29.6 Å². The number of nitrogens with one attached hydrogen (secondary N) is 2. The van der Waals surface area contributed by atoms with Gasteiger partial charge in [0.25, 0.3) is 0 Å². The fourth-order valence-corrected chi connectivity index (χ4v) is 7.32. The molecular formula is C44H51FN4O7. The van der Waals surface area contributed by atoms with E-state index in [1.807, 2.05) is 59.5 Å². The topological polar surface area (TPSA) is 150 Å². The number of carbonyl (C=O) groups is 3. The van der Waals surface area contributed by atoms with E-state index in [-0.39, 0.29) is 36.2 Å². The molecule has 11 nitrogen and oxygen atoms in total. The van der Waals surface area contributed by atoms with Crippen molar-refractivity contribution in [1.29, 1.82) is 0 Å². The molecule has 1 unspecified atom stereocenters. The van der Waals surface area contributed by atoms with Crippen LogP contribution in [0.25, 0.3) is 0 Å². The number of rotatable bonds is 20. The van der Waals surface area contributed by atoms with Crippen LogP contribution in [0, 0.1) is 17.7 Å². The first-order valence-electron chi connectivity index (χ1n) is 19.3. The number of nitrogens with zero attached hydrogens (tertiary/aromatic N) is 2. The molecule has 4 N–H and O–H groups in total. The number of aliphatic carboxylic acids is 1. The van der Waals surface area contributed by atoms with E-state index in [0.29, 0.717) is 44.5 Å². The number of aliphatic hydroxyl groups excluding tert-OH is 1. The van der Waals surface area contributed by atoms with E-state index in [9.17, 15) is 29.0 Å². The number of benzene rings is 3. The molecule has 2 fully saturated rings. The van der Waals surface area contributed by atoms with E-state index in [2.05, 4.69) is 27.8 Å². The fraction of sp³-hybridized carbons (Fsp3) is 0.409. The van der Waals surface area contributed by atoms with Crippen molar-refractivity contribution in [2.45, 2.75) is 76.2 Å². The molecular weight excluding hydrogens is 716 g/mol. The van der Waals surface area contributed by atoms with Crippen LogP contribution in [0.2, 0.25) is 0 Å². The number of amides is 2. The number of aromatic nitrogens is 1. The van der Waals surface area contributed by atoms with Gasteiger partial charge >= 0.3 is 5.97 Å². The van der Waals surface area contributed by atoms with Crippen molar-refractivity contribution in [2.24, 2.45) is 11.8 Å². The number of β-lactam (4-membered cyclic amide) rings is 1. The summed E-state index contributed by atoms with van der Waals surface area (Å²) in [5.41, 5.74) is 3.99. The van der Waals surface area contributed by atoms with Gasteiger partial charge in [-0.2, -0.15) is 0 Å². The number of carbonyl (C=O) groups excluding carboxylic acids is 2. The first kappa shape index (κ1) is 40.5. The summed E-state index contributed by atoms with van der Waals surface area (Å²) in [6.45, 7) is 4.69. The molecule has 2 aliphatic heterocycles. The second kappa shape index (κ2) is 18.6. The van der Waals surface area contributed by atoms with Crippen molar-refractivity contribution >= 4 is 29.3 Å². The van der Waals surface area contributed by atoms with Crippen molar-refractivity contribution in [3.05, 3.63) is 125 Å². The summed E-state index contributed by atoms with van der Waals surface area (Å²) in [7, 11) is 0. The third kappa shape index (κ3) is 10.2. The van der Waals surface area contributed by atoms with Gasteiger partial charge in [-0.15, -0.1) is 0 Å². The second-order valence-corrected chi connectivity index (χ2v) is 15.1. The number of hydrogen-bond acceptors (Lipinski definition) is 8. The maximum absolute atomic E-state index is 13.8. The van der Waals surface area contributed by atoms with Gasteiger partial charge in [-0.25, -0.2) is 14.2 Å². The third-order valence-electron chi connectivity index (χ3n) is 10.7. The Balaban J connectivity index is 1.09. The molecule has 2 amide bonds. The first-order valence-corrected chi connectivity index (χ1v) is 19.3. The number of carboxylic acids is 1. The molecule has 4 atom stereocenters. The molecule has 2 aliphatic rings. The highest BCUT2D eigenvalue weighted by atomic mass is 19.1. The number of halogens is 1. The molecule has 4 aromatic rings. The van der Waals surface area contributed by atoms with Crippen molar-refractivity contribution < 1.29 is 38.5 Å². The summed E-state index contributed by atoms with van der Waals surface area (Å²) in [4.78, 5) is 44.0. The maximum atomic E-state index is 13.8. The molecule has 0 aliphatic carbocycles. The molecule has 2 saturated heterocycles. The Bertz CT molecular complexity index is 1900. The minimum atomic E-state index is -1.09. The van der Waals surface area contributed by atoms with Gasteiger partial charge in [-0.05, 0) is 103 Å². The van der Waals surface area contributed by atoms with Crippen LogP contribution < -0.4 is 15.5 Å². The Morgan fingerprint density at radius 3 is 2.30 bits per heavy atom. The summed E-state index contributed by atoms with van der Waals surface area (Å²) in [6, 6.07) is 26.6. The van der Waals surface area contributed by atoms with Crippen molar-refractivity contribution in [1.82, 2.24) is 10.3 Å². The highest BCUT2D eigenvalue weighted by Crippen LogP contribution is 2.46. The molecule has 3 heterocycles. The normalized spacial score (nSPS) is 18.4. The van der Waals surface area contributed by atoms with Gasteiger partial charge in [-0.3, -0.25) is 9.59 Å². The van der Waals surface area contributed by atoms with Crippen molar-refractivity contribution in [3.63, 3.8) is 0 Å². The molecule has 0 radical (unpaired) electrons. The van der Waals surface area contributed by atoms with Crippen LogP contribution in [0.1, 0.15) is 73.9 Å². The molecule has 6 rings (SSSR count). The lowest BCUT2D eigenvalue weighted by molar-refractivity contribution is -0.212.